The summed E-state index contributed by atoms with van der Waals surface area (Å²) in [6.45, 7) is 3.86. The highest BCUT2D eigenvalue weighted by atomic mass is 79.9. The van der Waals surface area contributed by atoms with Crippen LogP contribution in [0.3, 0.4) is 0 Å². The lowest BCUT2D eigenvalue weighted by atomic mass is 10.2. The molecule has 1 aliphatic heterocycles. The third-order valence-electron chi connectivity index (χ3n) is 3.03. The average molecular weight is 429 g/mol. The number of carbonyl (C=O) groups excluding carboxylic acids is 2. The maximum absolute atomic E-state index is 12.4. The van der Waals surface area contributed by atoms with E-state index in [0.29, 0.717) is 15.0 Å². The quantitative estimate of drug-likeness (QED) is 0.512. The van der Waals surface area contributed by atoms with Crippen LogP contribution in [-0.2, 0) is 9.59 Å². The molecule has 1 fully saturated rings. The predicted octanol–water partition coefficient (Wildman–Crippen LogP) is 2.58. The van der Waals surface area contributed by atoms with Crippen molar-refractivity contribution in [1.29, 1.82) is 0 Å². The van der Waals surface area contributed by atoms with Gasteiger partial charge in [0.1, 0.15) is 10.1 Å². The Morgan fingerprint density at radius 2 is 2.21 bits per heavy atom. The van der Waals surface area contributed by atoms with E-state index in [2.05, 4.69) is 15.9 Å². The number of amides is 1. The molecule has 0 spiro atoms. The van der Waals surface area contributed by atoms with Gasteiger partial charge < -0.3 is 14.6 Å². The summed E-state index contributed by atoms with van der Waals surface area (Å²) in [4.78, 5) is 24.7. The van der Waals surface area contributed by atoms with E-state index in [1.54, 1.807) is 6.08 Å². The van der Waals surface area contributed by atoms with Crippen molar-refractivity contribution in [1.82, 2.24) is 4.90 Å². The molecule has 8 heteroatoms. The lowest BCUT2D eigenvalue weighted by Gasteiger charge is -2.14. The van der Waals surface area contributed by atoms with Crippen molar-refractivity contribution < 1.29 is 19.4 Å². The first-order chi connectivity index (χ1) is 11.3. The lowest BCUT2D eigenvalue weighted by Crippen LogP contribution is -2.33. The molecule has 0 radical (unpaired) electrons. The number of carbonyl (C=O) groups is 2. The number of carboxylic acid groups (broad SMARTS) is 1. The van der Waals surface area contributed by atoms with Crippen molar-refractivity contribution >= 4 is 62.2 Å². The van der Waals surface area contributed by atoms with Crippen LogP contribution in [0.2, 0.25) is 0 Å². The molecule has 1 amide bonds. The Hall–Kier alpha value is -1.38. The molecule has 24 heavy (non-hydrogen) atoms. The summed E-state index contributed by atoms with van der Waals surface area (Å²) < 4.78 is 6.96. The van der Waals surface area contributed by atoms with Gasteiger partial charge in [-0.3, -0.25) is 9.69 Å². The Bertz CT molecular complexity index is 718. The minimum Gasteiger partial charge on any atom is -0.550 e. The number of thiocarbonyl (C=S) groups is 1. The van der Waals surface area contributed by atoms with Crippen LogP contribution in [0.15, 0.2) is 27.6 Å². The molecule has 0 atom stereocenters. The van der Waals surface area contributed by atoms with E-state index in [1.807, 2.05) is 32.0 Å². The molecule has 0 aliphatic carbocycles. The van der Waals surface area contributed by atoms with Crippen LogP contribution < -0.4 is 9.84 Å². The summed E-state index contributed by atoms with van der Waals surface area (Å²) >= 11 is 9.72. The Labute approximate surface area is 158 Å². The highest BCUT2D eigenvalue weighted by Gasteiger charge is 2.31. The highest BCUT2D eigenvalue weighted by Crippen LogP contribution is 2.35. The standard InChI is InChI=1S/C16H16BrNO4S2/c1-9(2)22-12-4-3-11(17)7-10(12)8-13-15(21)18(16(23)24-13)6-5-14(19)20/h3-4,7-9H,5-6H2,1-2H3,(H,19,20)/p-1/b13-8+. The van der Waals surface area contributed by atoms with Crippen LogP contribution in [0.4, 0.5) is 0 Å². The van der Waals surface area contributed by atoms with Gasteiger partial charge in [-0.15, -0.1) is 0 Å². The van der Waals surface area contributed by atoms with Gasteiger partial charge in [-0.05, 0) is 38.1 Å². The average Bonchev–Trinajstić information content (AvgIpc) is 2.74. The molecule has 0 saturated carbocycles. The number of aliphatic carboxylic acids is 1. The maximum Gasteiger partial charge on any atom is 0.266 e. The smallest absolute Gasteiger partial charge is 0.266 e. The maximum atomic E-state index is 12.4. The Morgan fingerprint density at radius 3 is 2.83 bits per heavy atom. The second kappa shape index (κ2) is 8.13. The minimum absolute atomic E-state index is 0.00380. The van der Waals surface area contributed by atoms with Gasteiger partial charge in [-0.1, -0.05) is 39.9 Å². The molecule has 0 bridgehead atoms. The molecule has 2 rings (SSSR count). The van der Waals surface area contributed by atoms with Crippen LogP contribution in [0.5, 0.6) is 5.75 Å². The van der Waals surface area contributed by atoms with Gasteiger partial charge >= 0.3 is 0 Å². The summed E-state index contributed by atoms with van der Waals surface area (Å²) in [6.07, 6.45) is 1.45. The molecular formula is C16H15BrNO4S2-. The number of benzene rings is 1. The van der Waals surface area contributed by atoms with Crippen molar-refractivity contribution in [2.45, 2.75) is 26.4 Å². The molecule has 1 aromatic carbocycles. The van der Waals surface area contributed by atoms with E-state index in [9.17, 15) is 14.7 Å². The van der Waals surface area contributed by atoms with E-state index in [-0.39, 0.29) is 25.0 Å². The van der Waals surface area contributed by atoms with Crippen LogP contribution in [0, 0.1) is 0 Å². The molecule has 128 valence electrons. The zero-order valence-electron chi connectivity index (χ0n) is 13.1. The van der Waals surface area contributed by atoms with Crippen LogP contribution in [-0.4, -0.2) is 33.7 Å². The van der Waals surface area contributed by atoms with Crippen molar-refractivity contribution in [3.05, 3.63) is 33.1 Å². The number of thioether (sulfide) groups is 1. The Balaban J connectivity index is 2.28. The monoisotopic (exact) mass is 428 g/mol. The number of ether oxygens (including phenoxy) is 1. The molecule has 1 aromatic rings. The molecule has 5 nitrogen and oxygen atoms in total. The number of hydrogen-bond donors (Lipinski definition) is 0. The van der Waals surface area contributed by atoms with Crippen LogP contribution in [0.25, 0.3) is 6.08 Å². The second-order valence-electron chi connectivity index (χ2n) is 5.30. The van der Waals surface area contributed by atoms with Gasteiger partial charge in [0.25, 0.3) is 5.91 Å². The molecular weight excluding hydrogens is 414 g/mol. The minimum atomic E-state index is -1.22. The van der Waals surface area contributed by atoms with Crippen LogP contribution in [0.1, 0.15) is 25.8 Å². The van der Waals surface area contributed by atoms with E-state index in [4.69, 9.17) is 17.0 Å². The Kier molecular flexibility index (Phi) is 6.42. The summed E-state index contributed by atoms with van der Waals surface area (Å²) in [5.74, 6) is -0.859. The molecule has 1 aliphatic rings. The number of halogens is 1. The first kappa shape index (κ1) is 19.0. The van der Waals surface area contributed by atoms with Crippen molar-refractivity contribution in [3.8, 4) is 5.75 Å². The third kappa shape index (κ3) is 4.81. The topological polar surface area (TPSA) is 69.7 Å². The summed E-state index contributed by atoms with van der Waals surface area (Å²) in [6, 6.07) is 5.54. The number of rotatable bonds is 6. The van der Waals surface area contributed by atoms with E-state index >= 15 is 0 Å². The van der Waals surface area contributed by atoms with Crippen molar-refractivity contribution in [3.63, 3.8) is 0 Å². The zero-order chi connectivity index (χ0) is 17.9. The second-order valence-corrected chi connectivity index (χ2v) is 7.90. The van der Waals surface area contributed by atoms with Crippen molar-refractivity contribution in [2.75, 3.05) is 6.54 Å². The normalized spacial score (nSPS) is 16.3. The van der Waals surface area contributed by atoms with Gasteiger partial charge in [-0.2, -0.15) is 0 Å². The van der Waals surface area contributed by atoms with Gasteiger partial charge in [0, 0.05) is 29.0 Å². The predicted molar refractivity (Wildman–Crippen MR) is 99.4 cm³/mol. The third-order valence-corrected chi connectivity index (χ3v) is 4.91. The summed E-state index contributed by atoms with van der Waals surface area (Å²) in [7, 11) is 0. The highest BCUT2D eigenvalue weighted by molar-refractivity contribution is 9.10. The van der Waals surface area contributed by atoms with Gasteiger partial charge in [-0.25, -0.2) is 0 Å². The first-order valence-corrected chi connectivity index (χ1v) is 9.21. The fourth-order valence-electron chi connectivity index (χ4n) is 2.03. The zero-order valence-corrected chi connectivity index (χ0v) is 16.3. The first-order valence-electron chi connectivity index (χ1n) is 7.19. The number of carboxylic acids is 1. The summed E-state index contributed by atoms with van der Waals surface area (Å²) in [5, 5.41) is 10.6. The lowest BCUT2D eigenvalue weighted by molar-refractivity contribution is -0.305. The molecule has 0 unspecified atom stereocenters. The number of nitrogens with zero attached hydrogens (tertiary/aromatic N) is 1. The van der Waals surface area contributed by atoms with Crippen molar-refractivity contribution in [2.24, 2.45) is 0 Å². The fourth-order valence-corrected chi connectivity index (χ4v) is 3.71. The molecule has 0 N–H and O–H groups in total. The SMILES string of the molecule is CC(C)Oc1ccc(Br)cc1/C=C1/SC(=S)N(CCC(=O)[O-])C1=O. The van der Waals surface area contributed by atoms with E-state index in [0.717, 1.165) is 21.8 Å². The fraction of sp³-hybridized carbons (Fsp3) is 0.312. The number of hydrogen-bond acceptors (Lipinski definition) is 6. The van der Waals surface area contributed by atoms with Gasteiger partial charge in [0.15, 0.2) is 0 Å². The van der Waals surface area contributed by atoms with E-state index < -0.39 is 5.97 Å². The summed E-state index contributed by atoms with van der Waals surface area (Å²) in [5.41, 5.74) is 0.749. The molecule has 0 aromatic heterocycles. The van der Waals surface area contributed by atoms with Crippen LogP contribution >= 0.6 is 39.9 Å². The van der Waals surface area contributed by atoms with E-state index in [1.165, 1.54) is 4.90 Å². The Morgan fingerprint density at radius 1 is 1.50 bits per heavy atom. The van der Waals surface area contributed by atoms with Gasteiger partial charge in [0.2, 0.25) is 0 Å². The largest absolute Gasteiger partial charge is 0.550 e. The van der Waals surface area contributed by atoms with Gasteiger partial charge in [0.05, 0.1) is 11.0 Å². The molecule has 1 heterocycles. The molecule has 1 saturated heterocycles.